The first-order chi connectivity index (χ1) is 13.1. The lowest BCUT2D eigenvalue weighted by atomic mass is 10.3. The first-order valence-corrected chi connectivity index (χ1v) is 9.51. The van der Waals surface area contributed by atoms with Gasteiger partial charge in [-0.3, -0.25) is 9.59 Å². The number of sulfonamides is 1. The molecular weight excluding hydrogens is 394 g/mol. The summed E-state index contributed by atoms with van der Waals surface area (Å²) in [6.07, 6.45) is -1.24. The van der Waals surface area contributed by atoms with Crippen LogP contribution in [0.25, 0.3) is 0 Å². The third-order valence-electron chi connectivity index (χ3n) is 3.64. The molecule has 0 spiro atoms. The lowest BCUT2D eigenvalue weighted by Gasteiger charge is -2.18. The second-order valence-electron chi connectivity index (χ2n) is 5.85. The van der Waals surface area contributed by atoms with E-state index in [0.717, 1.165) is 41.7 Å². The minimum atomic E-state index is -4.04. The van der Waals surface area contributed by atoms with E-state index in [0.29, 0.717) is 0 Å². The number of ether oxygens (including phenoxy) is 1. The Bertz CT molecular complexity index is 964. The van der Waals surface area contributed by atoms with Gasteiger partial charge in [0.15, 0.2) is 6.10 Å². The van der Waals surface area contributed by atoms with Gasteiger partial charge >= 0.3 is 5.97 Å². The Balaban J connectivity index is 1.94. The molecule has 0 aliphatic heterocycles. The Morgan fingerprint density at radius 2 is 1.75 bits per heavy atom. The van der Waals surface area contributed by atoms with Crippen LogP contribution < -0.4 is 5.32 Å². The van der Waals surface area contributed by atoms with Crippen LogP contribution in [0.15, 0.2) is 53.4 Å². The van der Waals surface area contributed by atoms with Gasteiger partial charge in [0.05, 0.1) is 4.90 Å². The molecule has 0 saturated carbocycles. The van der Waals surface area contributed by atoms with E-state index in [4.69, 9.17) is 4.74 Å². The molecule has 28 heavy (non-hydrogen) atoms. The molecule has 1 amide bonds. The Labute approximate surface area is 161 Å². The van der Waals surface area contributed by atoms with Gasteiger partial charge in [0.2, 0.25) is 10.0 Å². The fourth-order valence-corrected chi connectivity index (χ4v) is 3.27. The van der Waals surface area contributed by atoms with Crippen molar-refractivity contribution in [2.24, 2.45) is 0 Å². The zero-order chi connectivity index (χ0) is 20.9. The van der Waals surface area contributed by atoms with Crippen molar-refractivity contribution in [1.82, 2.24) is 4.31 Å². The minimum absolute atomic E-state index is 0.184. The monoisotopic (exact) mass is 412 g/mol. The lowest BCUT2D eigenvalue weighted by molar-refractivity contribution is -0.153. The quantitative estimate of drug-likeness (QED) is 0.704. The summed E-state index contributed by atoms with van der Waals surface area (Å²) in [5.74, 6) is -2.81. The topological polar surface area (TPSA) is 92.8 Å². The molecule has 0 heterocycles. The first-order valence-electron chi connectivity index (χ1n) is 8.07. The number of benzene rings is 2. The van der Waals surface area contributed by atoms with Gasteiger partial charge in [0.25, 0.3) is 5.91 Å². The van der Waals surface area contributed by atoms with Crippen molar-refractivity contribution in [3.63, 3.8) is 0 Å². The van der Waals surface area contributed by atoms with Crippen LogP contribution in [0.3, 0.4) is 0 Å². The molecule has 7 nitrogen and oxygen atoms in total. The first kappa shape index (κ1) is 21.5. The molecular formula is C18H18F2N2O5S. The van der Waals surface area contributed by atoms with Crippen LogP contribution in [0.5, 0.6) is 0 Å². The summed E-state index contributed by atoms with van der Waals surface area (Å²) in [5, 5.41) is 2.38. The van der Waals surface area contributed by atoms with Crippen molar-refractivity contribution >= 4 is 27.6 Å². The molecule has 1 atom stereocenters. The predicted molar refractivity (Wildman–Crippen MR) is 96.8 cm³/mol. The molecule has 2 rings (SSSR count). The number of hydrogen-bond acceptors (Lipinski definition) is 5. The van der Waals surface area contributed by atoms with E-state index >= 15 is 0 Å². The normalized spacial score (nSPS) is 12.5. The summed E-state index contributed by atoms with van der Waals surface area (Å²) >= 11 is 0. The van der Waals surface area contributed by atoms with Crippen molar-refractivity contribution in [2.75, 3.05) is 18.9 Å². The number of likely N-dealkylation sites (N-methyl/N-ethyl adjacent to an activating group) is 1. The van der Waals surface area contributed by atoms with Crippen molar-refractivity contribution < 1.29 is 31.5 Å². The summed E-state index contributed by atoms with van der Waals surface area (Å²) in [5.41, 5.74) is 0.184. The van der Waals surface area contributed by atoms with Gasteiger partial charge in [-0.2, -0.15) is 4.31 Å². The Hall–Kier alpha value is -2.85. The Kier molecular flexibility index (Phi) is 6.81. The average molecular weight is 412 g/mol. The van der Waals surface area contributed by atoms with Crippen LogP contribution in [0.2, 0.25) is 0 Å². The van der Waals surface area contributed by atoms with Crippen LogP contribution in [0.1, 0.15) is 6.92 Å². The number of anilines is 1. The van der Waals surface area contributed by atoms with Gasteiger partial charge in [-0.1, -0.05) is 6.07 Å². The van der Waals surface area contributed by atoms with E-state index in [2.05, 4.69) is 5.32 Å². The van der Waals surface area contributed by atoms with Crippen molar-refractivity contribution in [3.05, 3.63) is 60.2 Å². The fourth-order valence-electron chi connectivity index (χ4n) is 2.15. The Morgan fingerprint density at radius 3 is 2.36 bits per heavy atom. The molecule has 0 aliphatic rings. The van der Waals surface area contributed by atoms with E-state index in [1.165, 1.54) is 25.1 Å². The molecule has 0 aromatic heterocycles. The minimum Gasteiger partial charge on any atom is -0.452 e. The van der Waals surface area contributed by atoms with Gasteiger partial charge < -0.3 is 10.1 Å². The van der Waals surface area contributed by atoms with Crippen LogP contribution >= 0.6 is 0 Å². The van der Waals surface area contributed by atoms with E-state index in [1.807, 2.05) is 0 Å². The van der Waals surface area contributed by atoms with E-state index < -0.39 is 46.2 Å². The van der Waals surface area contributed by atoms with Gasteiger partial charge in [0, 0.05) is 12.7 Å². The molecule has 0 fully saturated rings. The molecule has 0 unspecified atom stereocenters. The molecule has 2 aromatic carbocycles. The number of nitrogens with zero attached hydrogens (tertiary/aromatic N) is 1. The number of halogens is 2. The molecule has 0 aliphatic carbocycles. The highest BCUT2D eigenvalue weighted by molar-refractivity contribution is 7.89. The van der Waals surface area contributed by atoms with E-state index in [-0.39, 0.29) is 10.6 Å². The second-order valence-corrected chi connectivity index (χ2v) is 7.89. The molecule has 2 aromatic rings. The SMILES string of the molecule is C[C@H](OC(=O)CN(C)S(=O)(=O)c1ccc(F)cc1)C(=O)Nc1cccc(F)c1. The zero-order valence-electron chi connectivity index (χ0n) is 15.1. The third kappa shape index (κ3) is 5.57. The molecule has 0 bridgehead atoms. The molecule has 0 radical (unpaired) electrons. The largest absolute Gasteiger partial charge is 0.452 e. The number of hydrogen-bond donors (Lipinski definition) is 1. The smallest absolute Gasteiger partial charge is 0.322 e. The van der Waals surface area contributed by atoms with Crippen molar-refractivity contribution in [2.45, 2.75) is 17.9 Å². The summed E-state index contributed by atoms with van der Waals surface area (Å²) in [4.78, 5) is 23.8. The predicted octanol–water partition coefficient (Wildman–Crippen LogP) is 2.16. The third-order valence-corrected chi connectivity index (χ3v) is 5.46. The summed E-state index contributed by atoms with van der Waals surface area (Å²) in [7, 11) is -2.89. The standard InChI is InChI=1S/C18H18F2N2O5S/c1-12(18(24)21-15-5-3-4-14(20)10-15)27-17(23)11-22(2)28(25,26)16-8-6-13(19)7-9-16/h3-10,12H,11H2,1-2H3,(H,21,24)/t12-/m0/s1. The van der Waals surface area contributed by atoms with Crippen molar-refractivity contribution in [3.8, 4) is 0 Å². The lowest BCUT2D eigenvalue weighted by Crippen LogP contribution is -2.37. The number of rotatable bonds is 7. The highest BCUT2D eigenvalue weighted by Crippen LogP contribution is 2.15. The van der Waals surface area contributed by atoms with E-state index in [9.17, 15) is 26.8 Å². The number of carbonyl (C=O) groups excluding carboxylic acids is 2. The van der Waals surface area contributed by atoms with Crippen molar-refractivity contribution in [1.29, 1.82) is 0 Å². The summed E-state index contributed by atoms with van der Waals surface area (Å²) in [6.45, 7) is 0.637. The van der Waals surface area contributed by atoms with Crippen LogP contribution in [-0.2, 0) is 24.3 Å². The summed E-state index contributed by atoms with van der Waals surface area (Å²) in [6, 6.07) is 9.26. The Morgan fingerprint density at radius 1 is 1.11 bits per heavy atom. The highest BCUT2D eigenvalue weighted by atomic mass is 32.2. The van der Waals surface area contributed by atoms with Gasteiger partial charge in [-0.15, -0.1) is 0 Å². The molecule has 1 N–H and O–H groups in total. The maximum atomic E-state index is 13.1. The maximum Gasteiger partial charge on any atom is 0.322 e. The van der Waals surface area contributed by atoms with Crippen LogP contribution in [-0.4, -0.2) is 44.3 Å². The number of amides is 1. The number of nitrogens with one attached hydrogen (secondary N) is 1. The van der Waals surface area contributed by atoms with Crippen LogP contribution in [0, 0.1) is 11.6 Å². The molecule has 150 valence electrons. The van der Waals surface area contributed by atoms with Gasteiger partial charge in [-0.25, -0.2) is 17.2 Å². The fraction of sp³-hybridized carbons (Fsp3) is 0.222. The zero-order valence-corrected chi connectivity index (χ0v) is 15.9. The van der Waals surface area contributed by atoms with E-state index in [1.54, 1.807) is 0 Å². The average Bonchev–Trinajstić information content (AvgIpc) is 2.61. The van der Waals surface area contributed by atoms with Gasteiger partial charge in [-0.05, 0) is 49.4 Å². The number of carbonyl (C=O) groups is 2. The summed E-state index contributed by atoms with van der Waals surface area (Å²) < 4.78 is 56.4. The molecule has 10 heteroatoms. The molecule has 0 saturated heterocycles. The second kappa shape index (κ2) is 8.89. The van der Waals surface area contributed by atoms with Crippen LogP contribution in [0.4, 0.5) is 14.5 Å². The number of esters is 1. The highest BCUT2D eigenvalue weighted by Gasteiger charge is 2.25. The van der Waals surface area contributed by atoms with Gasteiger partial charge in [0.1, 0.15) is 18.2 Å². The maximum absolute atomic E-state index is 13.1.